The van der Waals surface area contributed by atoms with Gasteiger partial charge in [-0.15, -0.1) is 0 Å². The van der Waals surface area contributed by atoms with Crippen LogP contribution in [0.2, 0.25) is 0 Å². The fourth-order valence-electron chi connectivity index (χ4n) is 2.12. The van der Waals surface area contributed by atoms with E-state index in [2.05, 4.69) is 0 Å². The number of nitrogens with two attached hydrogens (primary N) is 1. The van der Waals surface area contributed by atoms with E-state index >= 15 is 0 Å². The first-order chi connectivity index (χ1) is 8.84. The maximum absolute atomic E-state index is 12.7. The van der Waals surface area contributed by atoms with E-state index in [-0.39, 0.29) is 30.1 Å². The molecular weight excluding hydrogens is 259 g/mol. The molecule has 0 aliphatic heterocycles. The van der Waals surface area contributed by atoms with E-state index in [1.54, 1.807) is 6.92 Å². The number of hydrogen-bond acceptors (Lipinski definition) is 3. The quantitative estimate of drug-likeness (QED) is 0.680. The number of carbonyl (C=O) groups excluding carboxylic acids is 1. The summed E-state index contributed by atoms with van der Waals surface area (Å²) in [6, 6.07) is 3.80. The molecule has 2 atom stereocenters. The second kappa shape index (κ2) is 4.75. The lowest BCUT2D eigenvalue weighted by molar-refractivity contribution is -0.144. The highest BCUT2D eigenvalue weighted by Crippen LogP contribution is 2.49. The van der Waals surface area contributed by atoms with E-state index in [1.165, 1.54) is 12.1 Å². The summed E-state index contributed by atoms with van der Waals surface area (Å²) in [4.78, 5) is 11.5. The highest BCUT2D eigenvalue weighted by atomic mass is 19.4. The third-order valence-corrected chi connectivity index (χ3v) is 3.19. The lowest BCUT2D eigenvalue weighted by Crippen LogP contribution is -2.10. The van der Waals surface area contributed by atoms with E-state index < -0.39 is 11.7 Å². The summed E-state index contributed by atoms with van der Waals surface area (Å²) in [5.41, 5.74) is 4.66. The zero-order valence-corrected chi connectivity index (χ0v) is 10.3. The van der Waals surface area contributed by atoms with Gasteiger partial charge in [0.2, 0.25) is 0 Å². The van der Waals surface area contributed by atoms with Crippen molar-refractivity contribution in [1.29, 1.82) is 0 Å². The number of alkyl halides is 3. The SMILES string of the molecule is CCOC(=O)C1CC1c1ccc(N)c(C(F)(F)F)c1. The molecule has 19 heavy (non-hydrogen) atoms. The Balaban J connectivity index is 2.18. The molecule has 0 aromatic heterocycles. The van der Waals surface area contributed by atoms with Crippen molar-refractivity contribution in [2.24, 2.45) is 5.92 Å². The molecule has 1 fully saturated rings. The molecule has 0 heterocycles. The van der Waals surface area contributed by atoms with Gasteiger partial charge in [0.25, 0.3) is 0 Å². The minimum atomic E-state index is -4.48. The predicted octanol–water partition coefficient (Wildman–Crippen LogP) is 2.95. The molecule has 1 saturated carbocycles. The van der Waals surface area contributed by atoms with Gasteiger partial charge < -0.3 is 10.5 Å². The molecule has 0 bridgehead atoms. The summed E-state index contributed by atoms with van der Waals surface area (Å²) in [5, 5.41) is 0. The second-order valence-electron chi connectivity index (χ2n) is 4.55. The van der Waals surface area contributed by atoms with E-state index in [1.807, 2.05) is 0 Å². The molecule has 1 aliphatic carbocycles. The Morgan fingerprint density at radius 2 is 2.16 bits per heavy atom. The van der Waals surface area contributed by atoms with Crippen LogP contribution < -0.4 is 5.73 Å². The Kier molecular flexibility index (Phi) is 3.43. The van der Waals surface area contributed by atoms with Crippen LogP contribution in [0.15, 0.2) is 18.2 Å². The smallest absolute Gasteiger partial charge is 0.418 e. The maximum atomic E-state index is 12.7. The third-order valence-electron chi connectivity index (χ3n) is 3.19. The van der Waals surface area contributed by atoms with E-state index in [0.29, 0.717) is 12.0 Å². The van der Waals surface area contributed by atoms with Gasteiger partial charge in [0.1, 0.15) is 0 Å². The van der Waals surface area contributed by atoms with Gasteiger partial charge in [-0.3, -0.25) is 4.79 Å². The number of anilines is 1. The Hall–Kier alpha value is -1.72. The van der Waals surface area contributed by atoms with Crippen LogP contribution in [0, 0.1) is 5.92 Å². The second-order valence-corrected chi connectivity index (χ2v) is 4.55. The molecule has 104 valence electrons. The van der Waals surface area contributed by atoms with Crippen LogP contribution in [-0.2, 0) is 15.7 Å². The summed E-state index contributed by atoms with van der Waals surface area (Å²) < 4.78 is 43.0. The molecule has 2 rings (SSSR count). The van der Waals surface area contributed by atoms with E-state index in [4.69, 9.17) is 10.5 Å². The number of halogens is 3. The van der Waals surface area contributed by atoms with Crippen LogP contribution in [0.1, 0.15) is 30.4 Å². The predicted molar refractivity (Wildman–Crippen MR) is 63.3 cm³/mol. The van der Waals surface area contributed by atoms with Crippen LogP contribution in [0.3, 0.4) is 0 Å². The van der Waals surface area contributed by atoms with Gasteiger partial charge >= 0.3 is 12.1 Å². The van der Waals surface area contributed by atoms with Crippen LogP contribution in [0.4, 0.5) is 18.9 Å². The number of benzene rings is 1. The molecule has 0 saturated heterocycles. The van der Waals surface area contributed by atoms with Gasteiger partial charge in [0.15, 0.2) is 0 Å². The summed E-state index contributed by atoms with van der Waals surface area (Å²) in [5.74, 6) is -0.872. The van der Waals surface area contributed by atoms with Crippen molar-refractivity contribution >= 4 is 11.7 Å². The fraction of sp³-hybridized carbons (Fsp3) is 0.462. The van der Waals surface area contributed by atoms with Crippen molar-refractivity contribution in [3.8, 4) is 0 Å². The van der Waals surface area contributed by atoms with Crippen LogP contribution >= 0.6 is 0 Å². The lowest BCUT2D eigenvalue weighted by atomic mass is 10.0. The molecule has 3 nitrogen and oxygen atoms in total. The van der Waals surface area contributed by atoms with Crippen LogP contribution in [0.5, 0.6) is 0 Å². The zero-order valence-electron chi connectivity index (χ0n) is 10.3. The Bertz CT molecular complexity index is 499. The Morgan fingerprint density at radius 3 is 2.74 bits per heavy atom. The van der Waals surface area contributed by atoms with E-state index in [9.17, 15) is 18.0 Å². The molecular formula is C13H14F3NO2. The van der Waals surface area contributed by atoms with Crippen molar-refractivity contribution < 1.29 is 22.7 Å². The Labute approximate surface area is 108 Å². The molecule has 0 amide bonds. The molecule has 2 N–H and O–H groups in total. The van der Waals surface area contributed by atoms with Crippen LogP contribution in [-0.4, -0.2) is 12.6 Å². The number of ether oxygens (including phenoxy) is 1. The average molecular weight is 273 g/mol. The van der Waals surface area contributed by atoms with Gasteiger partial charge in [-0.2, -0.15) is 13.2 Å². The summed E-state index contributed by atoms with van der Waals surface area (Å²) in [7, 11) is 0. The van der Waals surface area contributed by atoms with Gasteiger partial charge in [0, 0.05) is 5.69 Å². The molecule has 0 spiro atoms. The monoisotopic (exact) mass is 273 g/mol. The Morgan fingerprint density at radius 1 is 1.47 bits per heavy atom. The van der Waals surface area contributed by atoms with E-state index in [0.717, 1.165) is 6.07 Å². The normalized spacial score (nSPS) is 22.1. The first-order valence-corrected chi connectivity index (χ1v) is 5.97. The highest BCUT2D eigenvalue weighted by molar-refractivity contribution is 5.77. The lowest BCUT2D eigenvalue weighted by Gasteiger charge is -2.11. The van der Waals surface area contributed by atoms with Gasteiger partial charge in [-0.05, 0) is 37.0 Å². The number of esters is 1. The first kappa shape index (κ1) is 13.7. The fourth-order valence-corrected chi connectivity index (χ4v) is 2.12. The maximum Gasteiger partial charge on any atom is 0.418 e. The molecule has 1 aromatic rings. The third kappa shape index (κ3) is 2.83. The topological polar surface area (TPSA) is 52.3 Å². The summed E-state index contributed by atoms with van der Waals surface area (Å²) in [6.45, 7) is 1.97. The highest BCUT2D eigenvalue weighted by Gasteiger charge is 2.46. The summed E-state index contributed by atoms with van der Waals surface area (Å²) in [6.07, 6.45) is -3.95. The van der Waals surface area contributed by atoms with Gasteiger partial charge in [0.05, 0.1) is 18.1 Å². The number of rotatable bonds is 3. The average Bonchev–Trinajstić information content (AvgIpc) is 3.08. The number of nitrogen functional groups attached to an aromatic ring is 1. The van der Waals surface area contributed by atoms with Crippen molar-refractivity contribution in [3.05, 3.63) is 29.3 Å². The zero-order chi connectivity index (χ0) is 14.2. The van der Waals surface area contributed by atoms with Gasteiger partial charge in [-0.25, -0.2) is 0 Å². The van der Waals surface area contributed by atoms with Crippen molar-refractivity contribution in [1.82, 2.24) is 0 Å². The molecule has 1 aromatic carbocycles. The molecule has 1 aliphatic rings. The van der Waals surface area contributed by atoms with Gasteiger partial charge in [-0.1, -0.05) is 6.07 Å². The largest absolute Gasteiger partial charge is 0.466 e. The number of carbonyl (C=O) groups is 1. The minimum absolute atomic E-state index is 0.194. The van der Waals surface area contributed by atoms with Crippen molar-refractivity contribution in [3.63, 3.8) is 0 Å². The van der Waals surface area contributed by atoms with Crippen molar-refractivity contribution in [2.45, 2.75) is 25.4 Å². The number of hydrogen-bond donors (Lipinski definition) is 1. The molecule has 0 radical (unpaired) electrons. The van der Waals surface area contributed by atoms with Crippen LogP contribution in [0.25, 0.3) is 0 Å². The first-order valence-electron chi connectivity index (χ1n) is 5.97. The molecule has 2 unspecified atom stereocenters. The minimum Gasteiger partial charge on any atom is -0.466 e. The molecule has 6 heteroatoms. The summed E-state index contributed by atoms with van der Waals surface area (Å²) >= 11 is 0. The van der Waals surface area contributed by atoms with Crippen molar-refractivity contribution in [2.75, 3.05) is 12.3 Å². The standard InChI is InChI=1S/C13H14F3NO2/c1-2-19-12(18)9-6-8(9)7-3-4-11(17)10(5-7)13(14,15)16/h3-5,8-9H,2,6,17H2,1H3.